The van der Waals surface area contributed by atoms with Crippen molar-refractivity contribution in [2.45, 2.75) is 18.4 Å². The summed E-state index contributed by atoms with van der Waals surface area (Å²) < 4.78 is 33.6. The third-order valence-corrected chi connectivity index (χ3v) is 6.94. The van der Waals surface area contributed by atoms with Crippen molar-refractivity contribution in [3.8, 4) is 0 Å². The molecule has 0 radical (unpaired) electrons. The van der Waals surface area contributed by atoms with Crippen molar-refractivity contribution in [3.05, 3.63) is 30.2 Å². The number of carboxylic acid groups (broad SMARTS) is 1. The molecule has 0 aromatic carbocycles. The van der Waals surface area contributed by atoms with Crippen LogP contribution < -0.4 is 9.21 Å². The van der Waals surface area contributed by atoms with Gasteiger partial charge in [0.25, 0.3) is 10.0 Å². The van der Waals surface area contributed by atoms with Crippen LogP contribution in [0.15, 0.2) is 29.7 Å². The quantitative estimate of drug-likeness (QED) is 0.593. The molecule has 2 aromatic rings. The summed E-state index contributed by atoms with van der Waals surface area (Å²) in [5.74, 6) is 0.362. The van der Waals surface area contributed by atoms with Gasteiger partial charge in [-0.3, -0.25) is 4.31 Å². The molecule has 1 fully saturated rings. The van der Waals surface area contributed by atoms with Crippen LogP contribution in [0.5, 0.6) is 0 Å². The van der Waals surface area contributed by atoms with Crippen molar-refractivity contribution in [1.82, 2.24) is 14.5 Å². The molecule has 0 unspecified atom stereocenters. The highest BCUT2D eigenvalue weighted by atomic mass is 32.2. The van der Waals surface area contributed by atoms with E-state index in [2.05, 4.69) is 16.9 Å². The van der Waals surface area contributed by atoms with E-state index in [1.807, 2.05) is 4.90 Å². The maximum absolute atomic E-state index is 12.9. The Morgan fingerprint density at radius 3 is 2.57 bits per heavy atom. The molecule has 0 spiro atoms. The van der Waals surface area contributed by atoms with Gasteiger partial charge >= 0.3 is 5.97 Å². The van der Waals surface area contributed by atoms with Gasteiger partial charge in [0.2, 0.25) is 0 Å². The minimum atomic E-state index is -3.99. The molecular weight excluding hydrogens is 410 g/mol. The average Bonchev–Trinajstić information content (AvgIpc) is 3.21. The van der Waals surface area contributed by atoms with Crippen molar-refractivity contribution in [2.24, 2.45) is 18.9 Å². The smallest absolute Gasteiger partial charge is 0.335 e. The largest absolute Gasteiger partial charge is 0.478 e. The number of methoxy groups -OCH3 is 1. The molecule has 1 aliphatic carbocycles. The first-order chi connectivity index (χ1) is 14.1. The Kier molecular flexibility index (Phi) is 6.32. The summed E-state index contributed by atoms with van der Waals surface area (Å²) >= 11 is 0. The van der Waals surface area contributed by atoms with Crippen LogP contribution in [-0.4, -0.2) is 67.9 Å². The number of imidazole rings is 1. The number of aryl methyl sites for hydroxylation is 1. The highest BCUT2D eigenvalue weighted by Gasteiger charge is 2.35. The fourth-order valence-electron chi connectivity index (χ4n) is 3.17. The zero-order valence-electron chi connectivity index (χ0n) is 17.5. The number of ether oxygens (including phenoxy) is 1. The van der Waals surface area contributed by atoms with Crippen molar-refractivity contribution in [3.63, 3.8) is 0 Å². The van der Waals surface area contributed by atoms with E-state index in [1.54, 1.807) is 14.2 Å². The third kappa shape index (κ3) is 4.73. The number of sulfonamides is 1. The van der Waals surface area contributed by atoms with Crippen LogP contribution >= 0.6 is 0 Å². The van der Waals surface area contributed by atoms with Gasteiger partial charge in [-0.1, -0.05) is 6.92 Å². The minimum Gasteiger partial charge on any atom is -0.478 e. The second kappa shape index (κ2) is 8.60. The number of aromatic carboxylic acids is 1. The number of nitrogens with zero attached hydrogens (tertiary/aromatic N) is 5. The first kappa shape index (κ1) is 22.0. The first-order valence-electron chi connectivity index (χ1n) is 9.59. The van der Waals surface area contributed by atoms with Gasteiger partial charge in [-0.15, -0.1) is 0 Å². The molecule has 164 valence electrons. The van der Waals surface area contributed by atoms with E-state index in [9.17, 15) is 18.3 Å². The van der Waals surface area contributed by atoms with E-state index in [0.717, 1.165) is 10.7 Å². The third-order valence-electron chi connectivity index (χ3n) is 5.29. The molecule has 0 aliphatic heterocycles. The van der Waals surface area contributed by atoms with Crippen LogP contribution in [0.3, 0.4) is 0 Å². The number of hydrogen-bond donors (Lipinski definition) is 1. The van der Waals surface area contributed by atoms with Crippen LogP contribution in [0, 0.1) is 11.8 Å². The Balaban J connectivity index is 1.99. The van der Waals surface area contributed by atoms with Gasteiger partial charge in [-0.05, 0) is 30.4 Å². The Bertz CT molecular complexity index is 1020. The summed E-state index contributed by atoms with van der Waals surface area (Å²) in [7, 11) is 0.609. The van der Waals surface area contributed by atoms with E-state index in [1.165, 1.54) is 36.3 Å². The Morgan fingerprint density at radius 2 is 2.03 bits per heavy atom. The number of anilines is 2. The lowest BCUT2D eigenvalue weighted by atomic mass is 10.2. The second-order valence-corrected chi connectivity index (χ2v) is 9.56. The van der Waals surface area contributed by atoms with E-state index in [0.29, 0.717) is 37.4 Å². The SMILES string of the molecule is COCCN(C[C@@H]1C[C@H]1C)c1cc(C(=O)O)cc(N(C)S(=O)(=O)c2cn(C)cn2)n1. The normalized spacial score (nSPS) is 18.3. The van der Waals surface area contributed by atoms with Gasteiger partial charge in [0.1, 0.15) is 11.6 Å². The number of aromatic nitrogens is 3. The van der Waals surface area contributed by atoms with Gasteiger partial charge < -0.3 is 19.3 Å². The Morgan fingerprint density at radius 1 is 1.37 bits per heavy atom. The van der Waals surface area contributed by atoms with Crippen molar-refractivity contribution >= 4 is 27.6 Å². The number of rotatable bonds is 10. The Labute approximate surface area is 176 Å². The fraction of sp³-hybridized carbons (Fsp3) is 0.526. The predicted octanol–water partition coefficient (Wildman–Crippen LogP) is 1.45. The number of carboxylic acids is 1. The van der Waals surface area contributed by atoms with Crippen molar-refractivity contribution < 1.29 is 23.1 Å². The molecule has 1 aliphatic rings. The second-order valence-electron chi connectivity index (χ2n) is 7.64. The number of carbonyl (C=O) groups is 1. The van der Waals surface area contributed by atoms with Gasteiger partial charge in [0.05, 0.1) is 18.5 Å². The molecule has 0 saturated heterocycles. The van der Waals surface area contributed by atoms with Crippen molar-refractivity contribution in [1.29, 1.82) is 0 Å². The summed E-state index contributed by atoms with van der Waals surface area (Å²) in [5.41, 5.74) is -0.0377. The molecule has 0 amide bonds. The first-order valence-corrected chi connectivity index (χ1v) is 11.0. The van der Waals surface area contributed by atoms with E-state index in [-0.39, 0.29) is 16.4 Å². The minimum absolute atomic E-state index is 0.0156. The molecule has 11 heteroatoms. The van der Waals surface area contributed by atoms with Gasteiger partial charge in [-0.25, -0.2) is 14.8 Å². The molecule has 1 saturated carbocycles. The lowest BCUT2D eigenvalue weighted by Gasteiger charge is -2.26. The summed E-state index contributed by atoms with van der Waals surface area (Å²) in [5, 5.41) is 9.44. The summed E-state index contributed by atoms with van der Waals surface area (Å²) in [4.78, 5) is 22.1. The lowest BCUT2D eigenvalue weighted by molar-refractivity contribution is 0.0696. The van der Waals surface area contributed by atoms with Crippen LogP contribution in [0.1, 0.15) is 23.7 Å². The molecule has 3 rings (SSSR count). The highest BCUT2D eigenvalue weighted by Crippen LogP contribution is 2.39. The molecule has 1 N–H and O–H groups in total. The highest BCUT2D eigenvalue weighted by molar-refractivity contribution is 7.92. The zero-order chi connectivity index (χ0) is 22.1. The topological polar surface area (TPSA) is 118 Å². The van der Waals surface area contributed by atoms with Gasteiger partial charge in [0.15, 0.2) is 5.03 Å². The molecular formula is C19H27N5O5S. The van der Waals surface area contributed by atoms with E-state index >= 15 is 0 Å². The maximum Gasteiger partial charge on any atom is 0.335 e. The molecule has 2 aromatic heterocycles. The molecule has 2 heterocycles. The van der Waals surface area contributed by atoms with Gasteiger partial charge in [0, 0.05) is 40.5 Å². The standard InChI is InChI=1S/C19H27N5O5S/c1-13-7-15(13)10-24(5-6-29-4)17-9-14(19(25)26)8-16(21-17)23(3)30(27,28)18-11-22(2)12-20-18/h8-9,11-13,15H,5-7,10H2,1-4H3,(H,25,26)/t13-,15+/m1/s1. The maximum atomic E-state index is 12.9. The number of hydrogen-bond acceptors (Lipinski definition) is 7. The molecule has 10 nitrogen and oxygen atoms in total. The van der Waals surface area contributed by atoms with Crippen LogP contribution in [0.25, 0.3) is 0 Å². The monoisotopic (exact) mass is 437 g/mol. The molecule has 0 bridgehead atoms. The summed E-state index contributed by atoms with van der Waals surface area (Å²) in [6, 6.07) is 2.72. The van der Waals surface area contributed by atoms with Crippen LogP contribution in [0.2, 0.25) is 0 Å². The summed E-state index contributed by atoms with van der Waals surface area (Å²) in [6.45, 7) is 3.83. The van der Waals surface area contributed by atoms with Gasteiger partial charge in [-0.2, -0.15) is 8.42 Å². The molecule has 30 heavy (non-hydrogen) atoms. The lowest BCUT2D eigenvalue weighted by Crippen LogP contribution is -2.32. The number of pyridine rings is 1. The summed E-state index contributed by atoms with van der Waals surface area (Å²) in [6.07, 6.45) is 3.87. The van der Waals surface area contributed by atoms with Crippen LogP contribution in [-0.2, 0) is 21.8 Å². The zero-order valence-corrected chi connectivity index (χ0v) is 18.3. The average molecular weight is 438 g/mol. The van der Waals surface area contributed by atoms with Crippen molar-refractivity contribution in [2.75, 3.05) is 43.1 Å². The van der Waals surface area contributed by atoms with E-state index < -0.39 is 16.0 Å². The fourth-order valence-corrected chi connectivity index (χ4v) is 4.27. The Hall–Kier alpha value is -2.66. The van der Waals surface area contributed by atoms with Crippen LogP contribution in [0.4, 0.5) is 11.6 Å². The predicted molar refractivity (Wildman–Crippen MR) is 111 cm³/mol. The van der Waals surface area contributed by atoms with E-state index in [4.69, 9.17) is 4.74 Å². The molecule has 2 atom stereocenters.